The Balaban J connectivity index is 2.47. The summed E-state index contributed by atoms with van der Waals surface area (Å²) in [5.74, 6) is -1.13. The Bertz CT molecular complexity index is 612. The molecule has 0 amide bonds. The summed E-state index contributed by atoms with van der Waals surface area (Å²) >= 11 is 0. The van der Waals surface area contributed by atoms with Crippen molar-refractivity contribution in [2.45, 2.75) is 24.3 Å². The molecule has 0 saturated carbocycles. The molecule has 6 nitrogen and oxygen atoms in total. The maximum absolute atomic E-state index is 12.5. The first-order chi connectivity index (χ1) is 8.84. The van der Waals surface area contributed by atoms with E-state index in [-0.39, 0.29) is 28.6 Å². The monoisotopic (exact) mass is 284 g/mol. The van der Waals surface area contributed by atoms with Crippen LogP contribution in [0.3, 0.4) is 0 Å². The van der Waals surface area contributed by atoms with Gasteiger partial charge in [-0.25, -0.2) is 13.2 Å². The van der Waals surface area contributed by atoms with Crippen LogP contribution in [0.25, 0.3) is 0 Å². The van der Waals surface area contributed by atoms with Gasteiger partial charge >= 0.3 is 5.97 Å². The van der Waals surface area contributed by atoms with Crippen molar-refractivity contribution >= 4 is 16.0 Å². The molecular weight excluding hydrogens is 268 g/mol. The van der Waals surface area contributed by atoms with Crippen LogP contribution >= 0.6 is 0 Å². The summed E-state index contributed by atoms with van der Waals surface area (Å²) in [6.45, 7) is 2.16. The molecule has 1 heterocycles. The number of carboxylic acid groups (broad SMARTS) is 1. The van der Waals surface area contributed by atoms with Crippen molar-refractivity contribution in [3.8, 4) is 0 Å². The average molecular weight is 284 g/mol. The number of hydrogen-bond acceptors (Lipinski definition) is 4. The van der Waals surface area contributed by atoms with Crippen LogP contribution in [0.2, 0.25) is 0 Å². The number of carbonyl (C=O) groups is 1. The minimum Gasteiger partial charge on any atom is -0.478 e. The summed E-state index contributed by atoms with van der Waals surface area (Å²) in [4.78, 5) is 11.1. The van der Waals surface area contributed by atoms with Gasteiger partial charge in [0.05, 0.1) is 10.5 Å². The number of rotatable bonds is 3. The largest absolute Gasteiger partial charge is 0.478 e. The van der Waals surface area contributed by atoms with E-state index in [9.17, 15) is 13.2 Å². The molecular formula is C12H16N2O4S. The van der Waals surface area contributed by atoms with E-state index in [4.69, 9.17) is 10.8 Å². The summed E-state index contributed by atoms with van der Waals surface area (Å²) < 4.78 is 26.2. The number of nitrogens with two attached hydrogens (primary N) is 1. The van der Waals surface area contributed by atoms with E-state index in [1.54, 1.807) is 0 Å². The lowest BCUT2D eigenvalue weighted by Crippen LogP contribution is -2.32. The summed E-state index contributed by atoms with van der Waals surface area (Å²) in [6, 6.07) is 4.12. The van der Waals surface area contributed by atoms with Crippen LogP contribution in [0.4, 0.5) is 0 Å². The Morgan fingerprint density at radius 2 is 2.16 bits per heavy atom. The molecule has 0 bridgehead atoms. The molecule has 104 valence electrons. The number of carboxylic acids is 1. The van der Waals surface area contributed by atoms with E-state index in [1.165, 1.54) is 29.4 Å². The smallest absolute Gasteiger partial charge is 0.335 e. The van der Waals surface area contributed by atoms with Gasteiger partial charge in [0.1, 0.15) is 0 Å². The minimum atomic E-state index is -3.67. The molecule has 1 atom stereocenters. The maximum Gasteiger partial charge on any atom is 0.335 e. The van der Waals surface area contributed by atoms with Gasteiger partial charge in [-0.1, -0.05) is 6.07 Å². The highest BCUT2D eigenvalue weighted by atomic mass is 32.2. The molecule has 1 unspecified atom stereocenters. The normalized spacial score (nSPS) is 20.6. The van der Waals surface area contributed by atoms with Gasteiger partial charge in [0.15, 0.2) is 0 Å². The molecule has 7 heteroatoms. The Hall–Kier alpha value is -1.44. The van der Waals surface area contributed by atoms with E-state index in [1.807, 2.05) is 0 Å². The zero-order chi connectivity index (χ0) is 14.2. The molecule has 1 saturated heterocycles. The third-order valence-electron chi connectivity index (χ3n) is 3.32. The van der Waals surface area contributed by atoms with E-state index in [0.29, 0.717) is 13.0 Å². The van der Waals surface area contributed by atoms with Gasteiger partial charge in [-0.3, -0.25) is 0 Å². The maximum atomic E-state index is 12.5. The first kappa shape index (κ1) is 14.0. The zero-order valence-corrected chi connectivity index (χ0v) is 11.4. The molecule has 0 aromatic heterocycles. The highest BCUT2D eigenvalue weighted by Gasteiger charge is 2.32. The third kappa shape index (κ3) is 2.49. The van der Waals surface area contributed by atoms with Crippen LogP contribution in [0.5, 0.6) is 0 Å². The van der Waals surface area contributed by atoms with Crippen molar-refractivity contribution in [3.63, 3.8) is 0 Å². The fourth-order valence-corrected chi connectivity index (χ4v) is 4.00. The number of aromatic carboxylic acids is 1. The molecule has 1 aliphatic rings. The second-order valence-electron chi connectivity index (χ2n) is 4.65. The van der Waals surface area contributed by atoms with Crippen molar-refractivity contribution in [2.24, 2.45) is 5.73 Å². The van der Waals surface area contributed by atoms with Crippen LogP contribution in [-0.2, 0) is 10.0 Å². The summed E-state index contributed by atoms with van der Waals surface area (Å²) in [5.41, 5.74) is 5.98. The van der Waals surface area contributed by atoms with Crippen LogP contribution < -0.4 is 5.73 Å². The number of sulfonamides is 1. The van der Waals surface area contributed by atoms with Gasteiger partial charge < -0.3 is 10.8 Å². The van der Waals surface area contributed by atoms with Crippen LogP contribution in [-0.4, -0.2) is 42.9 Å². The van der Waals surface area contributed by atoms with Crippen molar-refractivity contribution in [3.05, 3.63) is 29.3 Å². The van der Waals surface area contributed by atoms with Crippen molar-refractivity contribution in [2.75, 3.05) is 13.1 Å². The molecule has 1 fully saturated rings. The second kappa shape index (κ2) is 4.92. The lowest BCUT2D eigenvalue weighted by Gasteiger charge is -2.18. The molecule has 0 spiro atoms. The van der Waals surface area contributed by atoms with Gasteiger partial charge in [0.25, 0.3) is 0 Å². The molecule has 0 radical (unpaired) electrons. The quantitative estimate of drug-likeness (QED) is 0.837. The average Bonchev–Trinajstić information content (AvgIpc) is 2.76. The van der Waals surface area contributed by atoms with Crippen LogP contribution in [0, 0.1) is 6.92 Å². The topological polar surface area (TPSA) is 101 Å². The molecule has 1 aromatic carbocycles. The van der Waals surface area contributed by atoms with E-state index in [0.717, 1.165) is 0 Å². The summed E-state index contributed by atoms with van der Waals surface area (Å²) in [7, 11) is -3.67. The van der Waals surface area contributed by atoms with Crippen LogP contribution in [0.15, 0.2) is 23.1 Å². The Labute approximate surface area is 111 Å². The van der Waals surface area contributed by atoms with E-state index >= 15 is 0 Å². The highest BCUT2D eigenvalue weighted by Crippen LogP contribution is 2.25. The molecule has 19 heavy (non-hydrogen) atoms. The van der Waals surface area contributed by atoms with Gasteiger partial charge in [-0.2, -0.15) is 4.31 Å². The summed E-state index contributed by atoms with van der Waals surface area (Å²) in [5, 5.41) is 9.03. The lowest BCUT2D eigenvalue weighted by molar-refractivity contribution is 0.0696. The Morgan fingerprint density at radius 3 is 2.68 bits per heavy atom. The fourth-order valence-electron chi connectivity index (χ4n) is 2.24. The third-order valence-corrected chi connectivity index (χ3v) is 5.33. The number of nitrogens with zero attached hydrogens (tertiary/aromatic N) is 1. The predicted molar refractivity (Wildman–Crippen MR) is 69.5 cm³/mol. The van der Waals surface area contributed by atoms with Gasteiger partial charge in [-0.05, 0) is 31.0 Å². The summed E-state index contributed by atoms with van der Waals surface area (Å²) in [6.07, 6.45) is 0.622. The SMILES string of the molecule is Cc1c(C(=O)O)cccc1S(=O)(=O)N1CCC(N)C1. The van der Waals surface area contributed by atoms with Crippen molar-refractivity contribution < 1.29 is 18.3 Å². The Morgan fingerprint density at radius 1 is 1.47 bits per heavy atom. The predicted octanol–water partition coefficient (Wildman–Crippen LogP) is 0.415. The molecule has 3 N–H and O–H groups in total. The van der Waals surface area contributed by atoms with Gasteiger partial charge in [-0.15, -0.1) is 0 Å². The van der Waals surface area contributed by atoms with E-state index < -0.39 is 16.0 Å². The number of hydrogen-bond donors (Lipinski definition) is 2. The zero-order valence-electron chi connectivity index (χ0n) is 10.5. The van der Waals surface area contributed by atoms with Crippen molar-refractivity contribution in [1.29, 1.82) is 0 Å². The van der Waals surface area contributed by atoms with Gasteiger partial charge in [0, 0.05) is 19.1 Å². The molecule has 0 aliphatic carbocycles. The first-order valence-electron chi connectivity index (χ1n) is 5.92. The van der Waals surface area contributed by atoms with Crippen LogP contribution in [0.1, 0.15) is 22.3 Å². The first-order valence-corrected chi connectivity index (χ1v) is 7.36. The lowest BCUT2D eigenvalue weighted by atomic mass is 10.1. The standard InChI is InChI=1S/C12H16N2O4S/c1-8-10(12(15)16)3-2-4-11(8)19(17,18)14-6-5-9(13)7-14/h2-4,9H,5-7,13H2,1H3,(H,15,16). The second-order valence-corrected chi connectivity index (χ2v) is 6.55. The highest BCUT2D eigenvalue weighted by molar-refractivity contribution is 7.89. The number of benzene rings is 1. The molecule has 1 aliphatic heterocycles. The van der Waals surface area contributed by atoms with Crippen molar-refractivity contribution in [1.82, 2.24) is 4.31 Å². The molecule has 2 rings (SSSR count). The van der Waals surface area contributed by atoms with Gasteiger partial charge in [0.2, 0.25) is 10.0 Å². The van der Waals surface area contributed by atoms with E-state index in [2.05, 4.69) is 0 Å². The minimum absolute atomic E-state index is 0.00423. The molecule has 1 aromatic rings. The fraction of sp³-hybridized carbons (Fsp3) is 0.417. The Kier molecular flexibility index (Phi) is 3.62.